The summed E-state index contributed by atoms with van der Waals surface area (Å²) in [5.41, 5.74) is 0.934. The van der Waals surface area contributed by atoms with Gasteiger partial charge in [0.2, 0.25) is 0 Å². The predicted molar refractivity (Wildman–Crippen MR) is 69.7 cm³/mol. The zero-order valence-electron chi connectivity index (χ0n) is 10.6. The van der Waals surface area contributed by atoms with Crippen LogP contribution in [0.15, 0.2) is 24.5 Å². The maximum absolute atomic E-state index is 11.8. The second kappa shape index (κ2) is 7.99. The van der Waals surface area contributed by atoms with Crippen molar-refractivity contribution in [1.29, 1.82) is 0 Å². The molecule has 0 aliphatic carbocycles. The Bertz CT molecular complexity index is 471. The Kier molecular flexibility index (Phi) is 6.25. The second-order valence-electron chi connectivity index (χ2n) is 3.63. The van der Waals surface area contributed by atoms with Crippen molar-refractivity contribution in [2.75, 3.05) is 19.8 Å². The Labute approximate surface area is 111 Å². The highest BCUT2D eigenvalue weighted by Gasteiger charge is 2.05. The lowest BCUT2D eigenvalue weighted by atomic mass is 10.2. The van der Waals surface area contributed by atoms with E-state index in [0.717, 1.165) is 6.08 Å². The summed E-state index contributed by atoms with van der Waals surface area (Å²) in [6, 6.07) is 1.57. The highest BCUT2D eigenvalue weighted by Crippen LogP contribution is 2.04. The minimum Gasteiger partial charge on any atom is -0.478 e. The molecule has 2 N–H and O–H groups in total. The monoisotopic (exact) mass is 264 g/mol. The van der Waals surface area contributed by atoms with E-state index in [0.29, 0.717) is 30.9 Å². The smallest absolute Gasteiger partial charge is 0.328 e. The van der Waals surface area contributed by atoms with E-state index in [1.807, 2.05) is 6.92 Å². The third kappa shape index (κ3) is 5.78. The summed E-state index contributed by atoms with van der Waals surface area (Å²) in [5.74, 6) is -1.32. The molecule has 1 aromatic rings. The number of carbonyl (C=O) groups excluding carboxylic acids is 1. The highest BCUT2D eigenvalue weighted by atomic mass is 16.5. The molecular formula is C13H16N2O4. The van der Waals surface area contributed by atoms with Crippen LogP contribution >= 0.6 is 0 Å². The van der Waals surface area contributed by atoms with Gasteiger partial charge in [-0.2, -0.15) is 0 Å². The van der Waals surface area contributed by atoms with E-state index in [4.69, 9.17) is 9.84 Å². The minimum absolute atomic E-state index is 0.266. The third-order valence-electron chi connectivity index (χ3n) is 2.18. The number of amides is 1. The van der Waals surface area contributed by atoms with Crippen LogP contribution in [0.2, 0.25) is 0 Å². The molecule has 1 rings (SSSR count). The predicted octanol–water partition coefficient (Wildman–Crippen LogP) is 0.946. The van der Waals surface area contributed by atoms with Gasteiger partial charge < -0.3 is 15.2 Å². The fourth-order valence-corrected chi connectivity index (χ4v) is 1.32. The fourth-order valence-electron chi connectivity index (χ4n) is 1.32. The van der Waals surface area contributed by atoms with E-state index in [9.17, 15) is 9.59 Å². The van der Waals surface area contributed by atoms with Crippen LogP contribution in [0.3, 0.4) is 0 Å². The maximum Gasteiger partial charge on any atom is 0.328 e. The number of nitrogens with one attached hydrogen (secondary N) is 1. The van der Waals surface area contributed by atoms with Gasteiger partial charge in [0.05, 0.1) is 12.2 Å². The Morgan fingerprint density at radius 2 is 2.26 bits per heavy atom. The van der Waals surface area contributed by atoms with Crippen molar-refractivity contribution >= 4 is 18.0 Å². The molecule has 0 unspecified atom stereocenters. The van der Waals surface area contributed by atoms with Gasteiger partial charge in [0.1, 0.15) is 0 Å². The van der Waals surface area contributed by atoms with Crippen LogP contribution in [0.4, 0.5) is 0 Å². The molecule has 0 saturated heterocycles. The van der Waals surface area contributed by atoms with Gasteiger partial charge in [-0.05, 0) is 24.6 Å². The fraction of sp³-hybridized carbons (Fsp3) is 0.308. The molecule has 0 aromatic carbocycles. The van der Waals surface area contributed by atoms with Gasteiger partial charge >= 0.3 is 5.97 Å². The van der Waals surface area contributed by atoms with Crippen molar-refractivity contribution in [2.45, 2.75) is 6.92 Å². The van der Waals surface area contributed by atoms with Crippen LogP contribution in [0.1, 0.15) is 22.8 Å². The molecule has 1 aromatic heterocycles. The van der Waals surface area contributed by atoms with Crippen LogP contribution in [-0.4, -0.2) is 41.7 Å². The van der Waals surface area contributed by atoms with E-state index in [1.54, 1.807) is 6.07 Å². The van der Waals surface area contributed by atoms with Crippen molar-refractivity contribution in [3.05, 3.63) is 35.7 Å². The Balaban J connectivity index is 2.60. The summed E-state index contributed by atoms with van der Waals surface area (Å²) in [7, 11) is 0. The first kappa shape index (κ1) is 14.8. The van der Waals surface area contributed by atoms with Crippen molar-refractivity contribution in [2.24, 2.45) is 0 Å². The number of hydrogen-bond acceptors (Lipinski definition) is 4. The normalized spacial score (nSPS) is 10.6. The number of rotatable bonds is 7. The average molecular weight is 264 g/mol. The number of ether oxygens (including phenoxy) is 1. The summed E-state index contributed by atoms with van der Waals surface area (Å²) in [6.07, 6.45) is 5.28. The van der Waals surface area contributed by atoms with Gasteiger partial charge in [0.15, 0.2) is 0 Å². The number of carbonyl (C=O) groups is 2. The van der Waals surface area contributed by atoms with Gasteiger partial charge in [-0.25, -0.2) is 4.79 Å². The molecule has 0 radical (unpaired) electrons. The van der Waals surface area contributed by atoms with E-state index in [1.165, 1.54) is 18.5 Å². The van der Waals surface area contributed by atoms with Gasteiger partial charge in [-0.1, -0.05) is 0 Å². The molecule has 102 valence electrons. The first-order chi connectivity index (χ1) is 9.13. The highest BCUT2D eigenvalue weighted by molar-refractivity contribution is 5.94. The summed E-state index contributed by atoms with van der Waals surface area (Å²) >= 11 is 0. The molecule has 1 amide bonds. The van der Waals surface area contributed by atoms with Crippen LogP contribution in [0.25, 0.3) is 6.08 Å². The lowest BCUT2D eigenvalue weighted by Gasteiger charge is -2.05. The first-order valence-electron chi connectivity index (χ1n) is 5.85. The summed E-state index contributed by atoms with van der Waals surface area (Å²) in [4.78, 5) is 26.0. The number of nitrogens with zero attached hydrogens (tertiary/aromatic N) is 1. The van der Waals surface area contributed by atoms with Crippen molar-refractivity contribution in [3.63, 3.8) is 0 Å². The van der Waals surface area contributed by atoms with E-state index in [2.05, 4.69) is 10.3 Å². The first-order valence-corrected chi connectivity index (χ1v) is 5.85. The molecule has 0 saturated carbocycles. The zero-order chi connectivity index (χ0) is 14.1. The number of aliphatic carboxylic acids is 1. The standard InChI is InChI=1S/C13H16N2O4/c1-2-19-6-5-15-13(18)11-7-10(8-14-9-11)3-4-12(16)17/h3-4,7-9H,2,5-6H2,1H3,(H,15,18)(H,16,17)/b4-3+. The van der Waals surface area contributed by atoms with E-state index in [-0.39, 0.29) is 5.91 Å². The summed E-state index contributed by atoms with van der Waals surface area (Å²) < 4.78 is 5.10. The molecule has 6 nitrogen and oxygen atoms in total. The van der Waals surface area contributed by atoms with Gasteiger partial charge in [-0.3, -0.25) is 9.78 Å². The van der Waals surface area contributed by atoms with Crippen LogP contribution in [-0.2, 0) is 9.53 Å². The van der Waals surface area contributed by atoms with Gasteiger partial charge in [-0.15, -0.1) is 0 Å². The average Bonchev–Trinajstić information content (AvgIpc) is 2.41. The SMILES string of the molecule is CCOCCNC(=O)c1cncc(/C=C/C(=O)O)c1. The van der Waals surface area contributed by atoms with Crippen molar-refractivity contribution in [3.8, 4) is 0 Å². The van der Waals surface area contributed by atoms with E-state index >= 15 is 0 Å². The molecule has 0 spiro atoms. The van der Waals surface area contributed by atoms with E-state index < -0.39 is 5.97 Å². The van der Waals surface area contributed by atoms with Crippen molar-refractivity contribution < 1.29 is 19.4 Å². The molecule has 6 heteroatoms. The number of carboxylic acid groups (broad SMARTS) is 1. The molecule has 0 atom stereocenters. The summed E-state index contributed by atoms with van der Waals surface area (Å²) in [5, 5.41) is 11.2. The Hall–Kier alpha value is -2.21. The van der Waals surface area contributed by atoms with Gasteiger partial charge in [0.25, 0.3) is 5.91 Å². The van der Waals surface area contributed by atoms with Crippen LogP contribution in [0.5, 0.6) is 0 Å². The number of aromatic nitrogens is 1. The van der Waals surface area contributed by atoms with Crippen LogP contribution in [0, 0.1) is 0 Å². The topological polar surface area (TPSA) is 88.5 Å². The van der Waals surface area contributed by atoms with Crippen molar-refractivity contribution in [1.82, 2.24) is 10.3 Å². The second-order valence-corrected chi connectivity index (χ2v) is 3.63. The molecular weight excluding hydrogens is 248 g/mol. The maximum atomic E-state index is 11.8. The Morgan fingerprint density at radius 3 is 2.95 bits per heavy atom. The molecule has 0 aliphatic heterocycles. The zero-order valence-corrected chi connectivity index (χ0v) is 10.6. The molecule has 1 heterocycles. The number of hydrogen-bond donors (Lipinski definition) is 2. The minimum atomic E-state index is -1.05. The molecule has 0 fully saturated rings. The van der Waals surface area contributed by atoms with Crippen LogP contribution < -0.4 is 5.32 Å². The number of pyridine rings is 1. The number of carboxylic acids is 1. The third-order valence-corrected chi connectivity index (χ3v) is 2.18. The largest absolute Gasteiger partial charge is 0.478 e. The Morgan fingerprint density at radius 1 is 1.47 bits per heavy atom. The molecule has 0 aliphatic rings. The molecule has 0 bridgehead atoms. The lowest BCUT2D eigenvalue weighted by molar-refractivity contribution is -0.131. The lowest BCUT2D eigenvalue weighted by Crippen LogP contribution is -2.27. The van der Waals surface area contributed by atoms with Gasteiger partial charge in [0, 0.05) is 31.6 Å². The quantitative estimate of drug-likeness (QED) is 0.565. The molecule has 19 heavy (non-hydrogen) atoms. The summed E-state index contributed by atoms with van der Waals surface area (Å²) in [6.45, 7) is 3.35.